The lowest BCUT2D eigenvalue weighted by Crippen LogP contribution is -2.39. The highest BCUT2D eigenvalue weighted by atomic mass is 32.1. The van der Waals surface area contributed by atoms with Crippen molar-refractivity contribution in [3.63, 3.8) is 0 Å². The van der Waals surface area contributed by atoms with E-state index in [-0.39, 0.29) is 11.9 Å². The zero-order valence-electron chi connectivity index (χ0n) is 12.1. The Labute approximate surface area is 122 Å². The van der Waals surface area contributed by atoms with Gasteiger partial charge in [-0.15, -0.1) is 11.3 Å². The Kier molecular flexibility index (Phi) is 4.57. The molecule has 0 fully saturated rings. The van der Waals surface area contributed by atoms with Crippen molar-refractivity contribution < 1.29 is 9.21 Å². The molecule has 0 saturated heterocycles. The molecule has 5 nitrogen and oxygen atoms in total. The lowest BCUT2D eigenvalue weighted by molar-refractivity contribution is -0.120. The molecule has 2 rings (SSSR count). The Morgan fingerprint density at radius 2 is 2.30 bits per heavy atom. The van der Waals surface area contributed by atoms with Crippen LogP contribution < -0.4 is 5.32 Å². The minimum absolute atomic E-state index is 0.0622. The summed E-state index contributed by atoms with van der Waals surface area (Å²) in [5, 5.41) is 3.52. The monoisotopic (exact) mass is 293 g/mol. The molecule has 2 aromatic rings. The van der Waals surface area contributed by atoms with Crippen molar-refractivity contribution in [1.29, 1.82) is 0 Å². The molecule has 20 heavy (non-hydrogen) atoms. The van der Waals surface area contributed by atoms with Gasteiger partial charge in [0.05, 0.1) is 24.5 Å². The van der Waals surface area contributed by atoms with Crippen molar-refractivity contribution in [3.05, 3.63) is 34.7 Å². The zero-order valence-corrected chi connectivity index (χ0v) is 13.0. The number of aromatic nitrogens is 1. The summed E-state index contributed by atoms with van der Waals surface area (Å²) in [6.07, 6.45) is 1.63. The number of carbonyl (C=O) groups is 1. The van der Waals surface area contributed by atoms with E-state index in [4.69, 9.17) is 4.42 Å². The third-order valence-corrected chi connectivity index (χ3v) is 4.27. The Hall–Kier alpha value is -1.66. The molecular weight excluding hydrogens is 274 g/mol. The quantitative estimate of drug-likeness (QED) is 0.921. The van der Waals surface area contributed by atoms with Crippen molar-refractivity contribution in [2.75, 3.05) is 12.4 Å². The Morgan fingerprint density at radius 1 is 1.55 bits per heavy atom. The number of thiazole rings is 1. The maximum absolute atomic E-state index is 12.2. The number of rotatable bonds is 5. The number of aryl methyl sites for hydroxylation is 2. The van der Waals surface area contributed by atoms with Crippen LogP contribution in [0.25, 0.3) is 0 Å². The molecule has 1 N–H and O–H groups in total. The largest absolute Gasteiger partial charge is 0.468 e. The summed E-state index contributed by atoms with van der Waals surface area (Å²) in [5.41, 5.74) is 0.960. The van der Waals surface area contributed by atoms with Crippen LogP contribution >= 0.6 is 11.3 Å². The molecule has 0 aliphatic heterocycles. The van der Waals surface area contributed by atoms with Crippen LogP contribution in [0.15, 0.2) is 22.8 Å². The van der Waals surface area contributed by atoms with E-state index < -0.39 is 0 Å². The van der Waals surface area contributed by atoms with E-state index in [0.717, 1.165) is 16.3 Å². The van der Waals surface area contributed by atoms with Crippen LogP contribution in [0.3, 0.4) is 0 Å². The molecule has 6 heteroatoms. The third kappa shape index (κ3) is 3.46. The van der Waals surface area contributed by atoms with Gasteiger partial charge in [-0.1, -0.05) is 0 Å². The summed E-state index contributed by atoms with van der Waals surface area (Å²) in [5.74, 6) is 0.779. The lowest BCUT2D eigenvalue weighted by Gasteiger charge is -2.22. The fourth-order valence-corrected chi connectivity index (χ4v) is 2.54. The molecule has 0 aromatic carbocycles. The van der Waals surface area contributed by atoms with E-state index in [1.165, 1.54) is 11.3 Å². The average Bonchev–Trinajstić information content (AvgIpc) is 2.99. The molecular formula is C14H19N3O2S. The second-order valence-corrected chi connectivity index (χ2v) is 6.02. The number of amides is 1. The fourth-order valence-electron chi connectivity index (χ4n) is 1.72. The molecule has 1 atom stereocenters. The van der Waals surface area contributed by atoms with Gasteiger partial charge in [-0.2, -0.15) is 0 Å². The predicted octanol–water partition coefficient (Wildman–Crippen LogP) is 2.81. The normalized spacial score (nSPS) is 12.7. The summed E-state index contributed by atoms with van der Waals surface area (Å²) in [4.78, 5) is 19.6. The van der Waals surface area contributed by atoms with Crippen LogP contribution in [0, 0.1) is 13.8 Å². The Bertz CT molecular complexity index is 558. The summed E-state index contributed by atoms with van der Waals surface area (Å²) in [7, 11) is 1.89. The summed E-state index contributed by atoms with van der Waals surface area (Å²) >= 11 is 1.50. The highest BCUT2D eigenvalue weighted by Crippen LogP contribution is 2.21. The number of hydrogen-bond acceptors (Lipinski definition) is 5. The van der Waals surface area contributed by atoms with Crippen molar-refractivity contribution in [2.45, 2.75) is 33.4 Å². The van der Waals surface area contributed by atoms with E-state index in [2.05, 4.69) is 10.3 Å². The van der Waals surface area contributed by atoms with E-state index >= 15 is 0 Å². The van der Waals surface area contributed by atoms with Gasteiger partial charge in [0.2, 0.25) is 5.91 Å². The van der Waals surface area contributed by atoms with Crippen LogP contribution in [0.5, 0.6) is 0 Å². The summed E-state index contributed by atoms with van der Waals surface area (Å²) < 4.78 is 5.29. The molecule has 2 aromatic heterocycles. The van der Waals surface area contributed by atoms with Crippen molar-refractivity contribution in [1.82, 2.24) is 9.88 Å². The molecule has 0 saturated carbocycles. The van der Waals surface area contributed by atoms with Crippen LogP contribution in [-0.4, -0.2) is 28.9 Å². The third-order valence-electron chi connectivity index (χ3n) is 3.28. The number of anilines is 1. The average molecular weight is 293 g/mol. The molecule has 0 unspecified atom stereocenters. The lowest BCUT2D eigenvalue weighted by atomic mass is 10.2. The standard InChI is InChI=1S/C14H19N3O2S/c1-9-11(3)20-14(15-9)16-13(18)10(2)17(4)8-12-6-5-7-19-12/h5-7,10H,8H2,1-4H3,(H,15,16,18)/t10-/m0/s1. The number of hydrogen-bond donors (Lipinski definition) is 1. The molecule has 0 bridgehead atoms. The molecule has 0 aliphatic carbocycles. The van der Waals surface area contributed by atoms with Crippen molar-refractivity contribution >= 4 is 22.4 Å². The van der Waals surface area contributed by atoms with Gasteiger partial charge < -0.3 is 9.73 Å². The van der Waals surface area contributed by atoms with Crippen molar-refractivity contribution in [3.8, 4) is 0 Å². The van der Waals surface area contributed by atoms with Crippen LogP contribution in [-0.2, 0) is 11.3 Å². The first-order valence-corrected chi connectivity index (χ1v) is 7.26. The molecule has 0 aliphatic rings. The zero-order chi connectivity index (χ0) is 14.7. The van der Waals surface area contributed by atoms with Gasteiger partial charge in [0.1, 0.15) is 5.76 Å². The SMILES string of the molecule is Cc1nc(NC(=O)[C@H](C)N(C)Cc2ccco2)sc1C. The molecule has 108 valence electrons. The van der Waals surface area contributed by atoms with Crippen LogP contribution in [0.1, 0.15) is 23.3 Å². The smallest absolute Gasteiger partial charge is 0.243 e. The number of furan rings is 1. The van der Waals surface area contributed by atoms with Crippen LogP contribution in [0.4, 0.5) is 5.13 Å². The second kappa shape index (κ2) is 6.19. The highest BCUT2D eigenvalue weighted by Gasteiger charge is 2.20. The molecule has 1 amide bonds. The topological polar surface area (TPSA) is 58.4 Å². The number of carbonyl (C=O) groups excluding carboxylic acids is 1. The second-order valence-electron chi connectivity index (χ2n) is 4.82. The predicted molar refractivity (Wildman–Crippen MR) is 79.9 cm³/mol. The van der Waals surface area contributed by atoms with Crippen LogP contribution in [0.2, 0.25) is 0 Å². The maximum Gasteiger partial charge on any atom is 0.243 e. The van der Waals surface area contributed by atoms with E-state index in [9.17, 15) is 4.79 Å². The highest BCUT2D eigenvalue weighted by molar-refractivity contribution is 7.15. The summed E-state index contributed by atoms with van der Waals surface area (Å²) in [6, 6.07) is 3.48. The van der Waals surface area contributed by atoms with Gasteiger partial charge in [0, 0.05) is 4.88 Å². The minimum atomic E-state index is -0.260. The first-order valence-electron chi connectivity index (χ1n) is 6.45. The Morgan fingerprint density at radius 3 is 2.85 bits per heavy atom. The van der Waals surface area contributed by atoms with Gasteiger partial charge >= 0.3 is 0 Å². The van der Waals surface area contributed by atoms with Gasteiger partial charge in [-0.3, -0.25) is 9.69 Å². The van der Waals surface area contributed by atoms with Crippen molar-refractivity contribution in [2.24, 2.45) is 0 Å². The Balaban J connectivity index is 1.94. The van der Waals surface area contributed by atoms with Gasteiger partial charge in [0.15, 0.2) is 5.13 Å². The number of nitrogens with zero attached hydrogens (tertiary/aromatic N) is 2. The van der Waals surface area contributed by atoms with E-state index in [1.54, 1.807) is 6.26 Å². The molecule has 2 heterocycles. The molecule has 0 radical (unpaired) electrons. The van der Waals surface area contributed by atoms with E-state index in [0.29, 0.717) is 11.7 Å². The summed E-state index contributed by atoms with van der Waals surface area (Å²) in [6.45, 7) is 6.40. The molecule has 0 spiro atoms. The van der Waals surface area contributed by atoms with Gasteiger partial charge in [0.25, 0.3) is 0 Å². The number of nitrogens with one attached hydrogen (secondary N) is 1. The first kappa shape index (κ1) is 14.7. The van der Waals surface area contributed by atoms with Gasteiger partial charge in [-0.25, -0.2) is 4.98 Å². The fraction of sp³-hybridized carbons (Fsp3) is 0.429. The van der Waals surface area contributed by atoms with E-state index in [1.807, 2.05) is 44.9 Å². The minimum Gasteiger partial charge on any atom is -0.468 e. The first-order chi connectivity index (χ1) is 9.47. The number of likely N-dealkylation sites (N-methyl/N-ethyl adjacent to an activating group) is 1. The van der Waals surface area contributed by atoms with Gasteiger partial charge in [-0.05, 0) is 40.0 Å². The maximum atomic E-state index is 12.2.